The summed E-state index contributed by atoms with van der Waals surface area (Å²) < 4.78 is 9.85. The number of rotatable bonds is 5. The fraction of sp³-hybridized carbons (Fsp3) is 1.00. The predicted molar refractivity (Wildman–Crippen MR) is 45.4 cm³/mol. The quantitative estimate of drug-likeness (QED) is 0.591. The lowest BCUT2D eigenvalue weighted by atomic mass is 10.7. The topological polar surface area (TPSA) is 56.5 Å². The summed E-state index contributed by atoms with van der Waals surface area (Å²) in [5.41, 5.74) is 5.24. The second kappa shape index (κ2) is 5.18. The van der Waals surface area contributed by atoms with Gasteiger partial charge >= 0.3 is 0 Å². The van der Waals surface area contributed by atoms with E-state index in [9.17, 15) is 0 Å². The van der Waals surface area contributed by atoms with E-state index in [4.69, 9.17) is 26.6 Å². The van der Waals surface area contributed by atoms with E-state index in [1.54, 1.807) is 0 Å². The van der Waals surface area contributed by atoms with Crippen molar-refractivity contribution in [3.63, 3.8) is 0 Å². The van der Waals surface area contributed by atoms with Gasteiger partial charge in [-0.3, -0.25) is 0 Å². The van der Waals surface area contributed by atoms with Gasteiger partial charge in [-0.1, -0.05) is 0 Å². The zero-order valence-electron chi connectivity index (χ0n) is 6.16. The average molecular weight is 184 g/mol. The number of hydrogen-bond donors (Lipinski definition) is 2. The van der Waals surface area contributed by atoms with Crippen LogP contribution in [0.3, 0.4) is 0 Å². The summed E-state index contributed by atoms with van der Waals surface area (Å²) in [4.78, 5) is 0. The van der Waals surface area contributed by atoms with Gasteiger partial charge in [-0.25, -0.2) is 5.09 Å². The van der Waals surface area contributed by atoms with E-state index in [-0.39, 0.29) is 0 Å². The van der Waals surface area contributed by atoms with E-state index in [1.807, 2.05) is 0 Å². The fourth-order valence-corrected chi connectivity index (χ4v) is 1.49. The molecule has 0 atom stereocenters. The Labute approximate surface area is 66.3 Å². The standard InChI is InChI=1S/C4H13N2O2PS/c1-7-9(10,8-2)6-4-3-5/h3-5H2,1-2H3,(H,6,10). The van der Waals surface area contributed by atoms with Gasteiger partial charge in [0.25, 0.3) is 6.64 Å². The molecular formula is C4H13N2O2PS. The molecule has 0 saturated carbocycles. The molecule has 0 unspecified atom stereocenters. The van der Waals surface area contributed by atoms with E-state index in [1.165, 1.54) is 14.2 Å². The molecule has 6 heteroatoms. The lowest BCUT2D eigenvalue weighted by Crippen LogP contribution is -2.20. The predicted octanol–water partition coefficient (Wildman–Crippen LogP) is 0.0520. The van der Waals surface area contributed by atoms with Gasteiger partial charge in [-0.05, 0) is 11.8 Å². The Kier molecular flexibility index (Phi) is 5.44. The molecule has 0 radical (unpaired) electrons. The number of nitrogens with two attached hydrogens (primary N) is 1. The molecule has 0 heterocycles. The Hall–Kier alpha value is 0.490. The first kappa shape index (κ1) is 10.5. The van der Waals surface area contributed by atoms with Gasteiger partial charge in [0.05, 0.1) is 0 Å². The van der Waals surface area contributed by atoms with Crippen molar-refractivity contribution in [1.29, 1.82) is 0 Å². The molecule has 0 amide bonds. The summed E-state index contributed by atoms with van der Waals surface area (Å²) in [5.74, 6) is 0. The lowest BCUT2D eigenvalue weighted by Gasteiger charge is -2.17. The zero-order chi connectivity index (χ0) is 8.04. The summed E-state index contributed by atoms with van der Waals surface area (Å²) >= 11 is 4.97. The minimum atomic E-state index is -2.19. The maximum atomic E-state index is 5.24. The molecule has 0 aromatic rings. The molecule has 10 heavy (non-hydrogen) atoms. The SMILES string of the molecule is COP(=S)(NCCN)OC. The highest BCUT2D eigenvalue weighted by Crippen LogP contribution is 2.41. The van der Waals surface area contributed by atoms with Gasteiger partial charge in [0.1, 0.15) is 0 Å². The monoisotopic (exact) mass is 184 g/mol. The highest BCUT2D eigenvalue weighted by molar-refractivity contribution is 8.08. The minimum Gasteiger partial charge on any atom is -0.329 e. The first-order valence-corrected chi connectivity index (χ1v) is 5.49. The van der Waals surface area contributed by atoms with Crippen molar-refractivity contribution < 1.29 is 9.05 Å². The highest BCUT2D eigenvalue weighted by atomic mass is 32.5. The zero-order valence-corrected chi connectivity index (χ0v) is 7.87. The third-order valence-corrected chi connectivity index (χ3v) is 3.78. The van der Waals surface area contributed by atoms with Crippen LogP contribution < -0.4 is 10.8 Å². The van der Waals surface area contributed by atoms with Crippen LogP contribution in [0.2, 0.25) is 0 Å². The van der Waals surface area contributed by atoms with Crippen LogP contribution in [0.25, 0.3) is 0 Å². The molecule has 62 valence electrons. The maximum Gasteiger partial charge on any atom is 0.260 e. The molecule has 0 aliphatic carbocycles. The van der Waals surface area contributed by atoms with Crippen LogP contribution >= 0.6 is 6.64 Å². The summed E-state index contributed by atoms with van der Waals surface area (Å²) in [6.07, 6.45) is 0. The minimum absolute atomic E-state index is 0.533. The summed E-state index contributed by atoms with van der Waals surface area (Å²) in [6, 6.07) is 0. The van der Waals surface area contributed by atoms with Crippen LogP contribution in [-0.2, 0) is 20.9 Å². The summed E-state index contributed by atoms with van der Waals surface area (Å²) in [5, 5.41) is 2.90. The van der Waals surface area contributed by atoms with Gasteiger partial charge in [0, 0.05) is 27.3 Å². The average Bonchev–Trinajstić information content (AvgIpc) is 2.00. The van der Waals surface area contributed by atoms with E-state index in [0.29, 0.717) is 13.1 Å². The lowest BCUT2D eigenvalue weighted by molar-refractivity contribution is 0.327. The summed E-state index contributed by atoms with van der Waals surface area (Å²) in [7, 11) is 3.04. The van der Waals surface area contributed by atoms with Crippen LogP contribution in [0.1, 0.15) is 0 Å². The molecule has 0 fully saturated rings. The van der Waals surface area contributed by atoms with Crippen molar-refractivity contribution in [2.75, 3.05) is 27.3 Å². The van der Waals surface area contributed by atoms with Gasteiger partial charge in [-0.15, -0.1) is 0 Å². The molecule has 0 bridgehead atoms. The van der Waals surface area contributed by atoms with Crippen LogP contribution in [0.5, 0.6) is 0 Å². The van der Waals surface area contributed by atoms with Gasteiger partial charge in [0.15, 0.2) is 0 Å². The number of nitrogens with one attached hydrogen (secondary N) is 1. The normalized spacial score (nSPS) is 11.9. The van der Waals surface area contributed by atoms with E-state index in [0.717, 1.165) is 0 Å². The van der Waals surface area contributed by atoms with Crippen molar-refractivity contribution in [2.45, 2.75) is 0 Å². The van der Waals surface area contributed by atoms with Crippen molar-refractivity contribution >= 4 is 18.4 Å². The second-order valence-corrected chi connectivity index (χ2v) is 5.04. The first-order valence-electron chi connectivity index (χ1n) is 2.85. The fourth-order valence-electron chi connectivity index (χ4n) is 0.405. The van der Waals surface area contributed by atoms with Crippen LogP contribution in [0, 0.1) is 0 Å². The molecule has 0 aliphatic rings. The Balaban J connectivity index is 3.70. The molecule has 0 aliphatic heterocycles. The second-order valence-electron chi connectivity index (χ2n) is 1.56. The molecule has 0 saturated heterocycles. The van der Waals surface area contributed by atoms with Gasteiger partial charge < -0.3 is 14.8 Å². The highest BCUT2D eigenvalue weighted by Gasteiger charge is 2.12. The van der Waals surface area contributed by atoms with E-state index < -0.39 is 6.64 Å². The van der Waals surface area contributed by atoms with Crippen LogP contribution in [0.4, 0.5) is 0 Å². The Morgan fingerprint density at radius 1 is 1.50 bits per heavy atom. The van der Waals surface area contributed by atoms with Crippen LogP contribution in [0.15, 0.2) is 0 Å². The summed E-state index contributed by atoms with van der Waals surface area (Å²) in [6.45, 7) is -1.04. The molecule has 3 N–H and O–H groups in total. The smallest absolute Gasteiger partial charge is 0.260 e. The Morgan fingerprint density at radius 2 is 2.00 bits per heavy atom. The van der Waals surface area contributed by atoms with Gasteiger partial charge in [-0.2, -0.15) is 0 Å². The molecule has 0 aromatic carbocycles. The Morgan fingerprint density at radius 3 is 2.30 bits per heavy atom. The molecule has 0 aromatic heterocycles. The molecular weight excluding hydrogens is 171 g/mol. The first-order chi connectivity index (χ1) is 4.68. The van der Waals surface area contributed by atoms with E-state index >= 15 is 0 Å². The van der Waals surface area contributed by atoms with E-state index in [2.05, 4.69) is 5.09 Å². The van der Waals surface area contributed by atoms with Crippen molar-refractivity contribution in [2.24, 2.45) is 5.73 Å². The van der Waals surface area contributed by atoms with Crippen molar-refractivity contribution in [3.05, 3.63) is 0 Å². The molecule has 0 rings (SSSR count). The van der Waals surface area contributed by atoms with Crippen molar-refractivity contribution in [3.8, 4) is 0 Å². The third-order valence-electron chi connectivity index (χ3n) is 0.931. The Bertz CT molecular complexity index is 124. The van der Waals surface area contributed by atoms with Crippen molar-refractivity contribution in [1.82, 2.24) is 5.09 Å². The molecule has 0 spiro atoms. The third kappa shape index (κ3) is 3.61. The maximum absolute atomic E-state index is 5.24. The molecule has 4 nitrogen and oxygen atoms in total. The van der Waals surface area contributed by atoms with Gasteiger partial charge in [0.2, 0.25) is 0 Å². The largest absolute Gasteiger partial charge is 0.329 e. The number of hydrogen-bond acceptors (Lipinski definition) is 4. The van der Waals surface area contributed by atoms with Crippen LogP contribution in [-0.4, -0.2) is 27.3 Å².